The Bertz CT molecular complexity index is 909. The van der Waals surface area contributed by atoms with Crippen LogP contribution in [-0.2, 0) is 4.79 Å². The predicted octanol–water partition coefficient (Wildman–Crippen LogP) is 15.1. The van der Waals surface area contributed by atoms with E-state index in [9.17, 15) is 25.2 Å². The number of nitrogens with one attached hydrogen (secondary N) is 1. The van der Waals surface area contributed by atoms with Crippen LogP contribution < -0.4 is 5.32 Å². The molecule has 0 bridgehead atoms. The van der Waals surface area contributed by atoms with Crippen LogP contribution in [0.3, 0.4) is 0 Å². The molecule has 60 heavy (non-hydrogen) atoms. The lowest BCUT2D eigenvalue weighted by molar-refractivity contribution is -0.132. The lowest BCUT2D eigenvalue weighted by atomic mass is 10.00. The summed E-state index contributed by atoms with van der Waals surface area (Å²) < 4.78 is 0. The largest absolute Gasteiger partial charge is 0.394 e. The number of rotatable bonds is 49. The standard InChI is InChI=1S/C54H105NO5/c1-3-5-7-9-11-13-15-17-18-19-20-21-22-23-24-25-26-27-28-29-30-31-32-33-34-36-38-40-42-44-46-48-52(58)54(60)55-50(49-56)53(59)51(57)47-45-43-41-39-37-35-16-14-12-10-8-6-4-2/h14,16,39,41,50-53,56-59H,3-13,15,17-38,40,42-49H2,1-2H3,(H,55,60)/b16-14+,41-39+. The maximum atomic E-state index is 12.5. The van der Waals surface area contributed by atoms with E-state index in [0.29, 0.717) is 19.3 Å². The van der Waals surface area contributed by atoms with E-state index in [1.165, 1.54) is 205 Å². The second kappa shape index (κ2) is 48.8. The predicted molar refractivity (Wildman–Crippen MR) is 261 cm³/mol. The monoisotopic (exact) mass is 848 g/mol. The minimum atomic E-state index is -1.29. The van der Waals surface area contributed by atoms with Crippen molar-refractivity contribution in [1.82, 2.24) is 5.32 Å². The van der Waals surface area contributed by atoms with E-state index in [-0.39, 0.29) is 0 Å². The third-order valence-electron chi connectivity index (χ3n) is 12.6. The quantitative estimate of drug-likeness (QED) is 0.0309. The Hall–Kier alpha value is -1.21. The number of carbonyl (C=O) groups is 1. The van der Waals surface area contributed by atoms with Crippen LogP contribution in [0.1, 0.15) is 284 Å². The summed E-state index contributed by atoms with van der Waals surface area (Å²) in [5.74, 6) is -0.594. The maximum Gasteiger partial charge on any atom is 0.249 e. The number of allylic oxidation sites excluding steroid dienone is 4. The minimum Gasteiger partial charge on any atom is -0.394 e. The molecule has 0 heterocycles. The van der Waals surface area contributed by atoms with Gasteiger partial charge in [0.1, 0.15) is 12.2 Å². The number of hydrogen-bond acceptors (Lipinski definition) is 5. The fraction of sp³-hybridized carbons (Fsp3) is 0.907. The molecule has 356 valence electrons. The molecule has 0 radical (unpaired) electrons. The highest BCUT2D eigenvalue weighted by atomic mass is 16.3. The van der Waals surface area contributed by atoms with Gasteiger partial charge in [-0.25, -0.2) is 0 Å². The van der Waals surface area contributed by atoms with Crippen molar-refractivity contribution in [2.24, 2.45) is 0 Å². The molecule has 6 nitrogen and oxygen atoms in total. The molecule has 5 N–H and O–H groups in total. The normalized spacial score (nSPS) is 14.0. The zero-order valence-electron chi connectivity index (χ0n) is 40.2. The topological polar surface area (TPSA) is 110 Å². The molecule has 0 aliphatic carbocycles. The molecule has 0 aromatic heterocycles. The molecule has 0 aromatic rings. The molecule has 0 spiro atoms. The highest BCUT2D eigenvalue weighted by Gasteiger charge is 2.28. The Morgan fingerprint density at radius 1 is 0.400 bits per heavy atom. The SMILES string of the molecule is CCCCCC/C=C/CC/C=C/CCCC(O)C(O)C(CO)NC(=O)C(O)CCCCCCCCCCCCCCCCCCCCCCCCCCCCCCCCC. The average molecular weight is 848 g/mol. The van der Waals surface area contributed by atoms with Crippen LogP contribution in [0.15, 0.2) is 24.3 Å². The lowest BCUT2D eigenvalue weighted by Crippen LogP contribution is -2.53. The Morgan fingerprint density at radius 2 is 0.700 bits per heavy atom. The fourth-order valence-electron chi connectivity index (χ4n) is 8.42. The van der Waals surface area contributed by atoms with Gasteiger partial charge in [0.25, 0.3) is 0 Å². The molecule has 0 aliphatic rings. The van der Waals surface area contributed by atoms with Crippen LogP contribution in [0, 0.1) is 0 Å². The van der Waals surface area contributed by atoms with Crippen molar-refractivity contribution in [2.75, 3.05) is 6.61 Å². The molecule has 4 atom stereocenters. The van der Waals surface area contributed by atoms with Gasteiger partial charge in [-0.3, -0.25) is 4.79 Å². The van der Waals surface area contributed by atoms with Crippen LogP contribution >= 0.6 is 0 Å². The van der Waals surface area contributed by atoms with Crippen LogP contribution in [0.2, 0.25) is 0 Å². The smallest absolute Gasteiger partial charge is 0.249 e. The molecule has 0 saturated heterocycles. The number of aliphatic hydroxyl groups excluding tert-OH is 4. The van der Waals surface area contributed by atoms with Crippen molar-refractivity contribution < 1.29 is 25.2 Å². The van der Waals surface area contributed by atoms with Crippen LogP contribution in [-0.4, -0.2) is 57.3 Å². The summed E-state index contributed by atoms with van der Waals surface area (Å²) in [6, 6.07) is -1.00. The molecular weight excluding hydrogens is 743 g/mol. The fourth-order valence-corrected chi connectivity index (χ4v) is 8.42. The molecular formula is C54H105NO5. The lowest BCUT2D eigenvalue weighted by Gasteiger charge is -2.27. The molecule has 0 aliphatic heterocycles. The van der Waals surface area contributed by atoms with E-state index >= 15 is 0 Å². The van der Waals surface area contributed by atoms with Gasteiger partial charge in [0, 0.05) is 0 Å². The summed E-state index contributed by atoms with van der Waals surface area (Å²) in [5.41, 5.74) is 0. The van der Waals surface area contributed by atoms with E-state index in [2.05, 4.69) is 43.5 Å². The summed E-state index contributed by atoms with van der Waals surface area (Å²) in [6.07, 6.45) is 58.3. The van der Waals surface area contributed by atoms with Gasteiger partial charge in [0.15, 0.2) is 0 Å². The second-order valence-corrected chi connectivity index (χ2v) is 18.6. The summed E-state index contributed by atoms with van der Waals surface area (Å²) in [7, 11) is 0. The van der Waals surface area contributed by atoms with E-state index in [1.807, 2.05) is 0 Å². The Labute approximate surface area is 374 Å². The van der Waals surface area contributed by atoms with Gasteiger partial charge in [-0.1, -0.05) is 256 Å². The van der Waals surface area contributed by atoms with Crippen molar-refractivity contribution in [1.29, 1.82) is 0 Å². The van der Waals surface area contributed by atoms with E-state index < -0.39 is 36.9 Å². The van der Waals surface area contributed by atoms with Gasteiger partial charge in [-0.2, -0.15) is 0 Å². The Morgan fingerprint density at radius 3 is 1.05 bits per heavy atom. The van der Waals surface area contributed by atoms with Crippen LogP contribution in [0.5, 0.6) is 0 Å². The molecule has 1 amide bonds. The van der Waals surface area contributed by atoms with Crippen molar-refractivity contribution in [3.63, 3.8) is 0 Å². The van der Waals surface area contributed by atoms with Gasteiger partial charge >= 0.3 is 0 Å². The molecule has 0 saturated carbocycles. The van der Waals surface area contributed by atoms with Crippen molar-refractivity contribution >= 4 is 5.91 Å². The van der Waals surface area contributed by atoms with Gasteiger partial charge in [-0.15, -0.1) is 0 Å². The van der Waals surface area contributed by atoms with Crippen LogP contribution in [0.4, 0.5) is 0 Å². The Balaban J connectivity index is 3.56. The highest BCUT2D eigenvalue weighted by Crippen LogP contribution is 2.18. The summed E-state index contributed by atoms with van der Waals surface area (Å²) >= 11 is 0. The number of carbonyl (C=O) groups excluding carboxylic acids is 1. The molecule has 0 rings (SSSR count). The molecule has 0 fully saturated rings. The van der Waals surface area contributed by atoms with E-state index in [4.69, 9.17) is 0 Å². The first kappa shape index (κ1) is 58.8. The average Bonchev–Trinajstić information content (AvgIpc) is 3.25. The zero-order valence-corrected chi connectivity index (χ0v) is 40.2. The first-order chi connectivity index (χ1) is 29.5. The number of unbranched alkanes of at least 4 members (excludes halogenated alkanes) is 36. The number of aliphatic hydroxyl groups is 4. The second-order valence-electron chi connectivity index (χ2n) is 18.6. The number of hydrogen-bond donors (Lipinski definition) is 5. The third kappa shape index (κ3) is 42.1. The zero-order chi connectivity index (χ0) is 43.8. The number of amides is 1. The van der Waals surface area contributed by atoms with Gasteiger partial charge < -0.3 is 25.7 Å². The van der Waals surface area contributed by atoms with Gasteiger partial charge in [0.05, 0.1) is 18.8 Å². The first-order valence-corrected chi connectivity index (χ1v) is 26.7. The highest BCUT2D eigenvalue weighted by molar-refractivity contribution is 5.80. The molecule has 0 aromatic carbocycles. The summed E-state index contributed by atoms with van der Waals surface area (Å²) in [4.78, 5) is 12.5. The van der Waals surface area contributed by atoms with E-state index in [1.54, 1.807) is 0 Å². The molecule has 4 unspecified atom stereocenters. The van der Waals surface area contributed by atoms with Crippen molar-refractivity contribution in [3.8, 4) is 0 Å². The first-order valence-electron chi connectivity index (χ1n) is 26.7. The van der Waals surface area contributed by atoms with E-state index in [0.717, 1.165) is 44.9 Å². The Kier molecular flexibility index (Phi) is 47.8. The van der Waals surface area contributed by atoms with Crippen LogP contribution in [0.25, 0.3) is 0 Å². The van der Waals surface area contributed by atoms with Crippen molar-refractivity contribution in [3.05, 3.63) is 24.3 Å². The third-order valence-corrected chi connectivity index (χ3v) is 12.6. The summed E-state index contributed by atoms with van der Waals surface area (Å²) in [6.45, 7) is 4.03. The molecule has 6 heteroatoms. The minimum absolute atomic E-state index is 0.364. The summed E-state index contributed by atoms with van der Waals surface area (Å²) in [5, 5.41) is 43.7. The maximum absolute atomic E-state index is 12.5. The van der Waals surface area contributed by atoms with Crippen molar-refractivity contribution in [2.45, 2.75) is 308 Å². The van der Waals surface area contributed by atoms with Gasteiger partial charge in [-0.05, 0) is 51.4 Å². The van der Waals surface area contributed by atoms with Gasteiger partial charge in [0.2, 0.25) is 5.91 Å².